The summed E-state index contributed by atoms with van der Waals surface area (Å²) >= 11 is 0. The van der Waals surface area contributed by atoms with Gasteiger partial charge >= 0.3 is 0 Å². The van der Waals surface area contributed by atoms with Gasteiger partial charge in [-0.3, -0.25) is 0 Å². The minimum absolute atomic E-state index is 0.00826. The van der Waals surface area contributed by atoms with E-state index in [1.807, 2.05) is 64.1 Å². The monoisotopic (exact) mass is 653 g/mol. The van der Waals surface area contributed by atoms with E-state index in [1.54, 1.807) is 7.11 Å². The Morgan fingerprint density at radius 2 is 1.25 bits per heavy atom. The third-order valence-corrected chi connectivity index (χ3v) is 9.15. The number of aliphatic hydroxyl groups excluding tert-OH is 1. The Bertz CT molecular complexity index is 1450. The molecule has 0 saturated carbocycles. The lowest BCUT2D eigenvalue weighted by Gasteiger charge is -2.39. The van der Waals surface area contributed by atoms with Crippen LogP contribution in [0.1, 0.15) is 68.9 Å². The Balaban J connectivity index is 1.64. The van der Waals surface area contributed by atoms with E-state index in [1.165, 1.54) is 0 Å². The Kier molecular flexibility index (Phi) is 13.7. The molecule has 4 unspecified atom stereocenters. The quantitative estimate of drug-likeness (QED) is 0.0825. The topological polar surface area (TPSA) is 69.2 Å². The number of aliphatic hydroxyl groups is 1. The predicted octanol–water partition coefficient (Wildman–Crippen LogP) is 9.12. The van der Waals surface area contributed by atoms with E-state index >= 15 is 0 Å². The van der Waals surface area contributed by atoms with Gasteiger partial charge in [0.05, 0.1) is 32.5 Å². The molecule has 48 heavy (non-hydrogen) atoms. The Labute approximate surface area is 288 Å². The fraction of sp³-hybridized carbons (Fsp3) is 0.429. The highest BCUT2D eigenvalue weighted by atomic mass is 16.6. The van der Waals surface area contributed by atoms with Crippen LogP contribution in [0.2, 0.25) is 0 Å². The molecule has 4 atom stereocenters. The molecule has 0 aromatic heterocycles. The fourth-order valence-electron chi connectivity index (χ4n) is 6.46. The maximum atomic E-state index is 10.8. The summed E-state index contributed by atoms with van der Waals surface area (Å²) in [5.74, 6) is 1.66. The van der Waals surface area contributed by atoms with Crippen LogP contribution in [-0.2, 0) is 19.8 Å². The molecule has 4 aromatic carbocycles. The molecule has 4 aromatic rings. The van der Waals surface area contributed by atoms with Gasteiger partial charge < -0.3 is 29.4 Å². The average molecular weight is 654 g/mol. The van der Waals surface area contributed by atoms with Crippen LogP contribution >= 0.6 is 0 Å². The first kappa shape index (κ1) is 37.1. The first-order valence-electron chi connectivity index (χ1n) is 17.2. The van der Waals surface area contributed by atoms with E-state index in [9.17, 15) is 5.11 Å². The van der Waals surface area contributed by atoms with E-state index in [-0.39, 0.29) is 24.7 Å². The van der Waals surface area contributed by atoms with Gasteiger partial charge in [0.15, 0.2) is 0 Å². The van der Waals surface area contributed by atoms with Gasteiger partial charge in [-0.05, 0) is 104 Å². The van der Waals surface area contributed by atoms with Gasteiger partial charge in [0.1, 0.15) is 11.4 Å². The van der Waals surface area contributed by atoms with Crippen molar-refractivity contribution < 1.29 is 24.1 Å². The number of nitrogens with one attached hydrogen (secondary N) is 1. The van der Waals surface area contributed by atoms with Crippen molar-refractivity contribution in [3.63, 3.8) is 0 Å². The second-order valence-electron chi connectivity index (χ2n) is 13.6. The summed E-state index contributed by atoms with van der Waals surface area (Å²) in [7, 11) is 1.68. The number of aryl methyl sites for hydroxylation is 2. The van der Waals surface area contributed by atoms with Gasteiger partial charge in [-0.25, -0.2) is 0 Å². The Hall–Kier alpha value is -3.68. The van der Waals surface area contributed by atoms with Crippen LogP contribution < -0.4 is 10.1 Å². The molecule has 0 aliphatic heterocycles. The predicted molar refractivity (Wildman–Crippen MR) is 195 cm³/mol. The molecule has 0 aliphatic rings. The lowest BCUT2D eigenvalue weighted by molar-refractivity contribution is -0.133. The number of benzene rings is 4. The molecule has 4 rings (SSSR count). The summed E-state index contributed by atoms with van der Waals surface area (Å²) in [6.45, 7) is 15.7. The minimum atomic E-state index is -1.17. The van der Waals surface area contributed by atoms with Crippen LogP contribution in [0.25, 0.3) is 0 Å². The number of anilines is 1. The summed E-state index contributed by atoms with van der Waals surface area (Å²) < 4.78 is 25.2. The van der Waals surface area contributed by atoms with Crippen LogP contribution in [0.4, 0.5) is 5.69 Å². The Morgan fingerprint density at radius 3 is 1.75 bits per heavy atom. The number of rotatable bonds is 18. The summed E-state index contributed by atoms with van der Waals surface area (Å²) in [5.41, 5.74) is 5.32. The fourth-order valence-corrected chi connectivity index (χ4v) is 6.46. The van der Waals surface area contributed by atoms with Gasteiger partial charge in [-0.1, -0.05) is 99.6 Å². The van der Waals surface area contributed by atoms with Crippen molar-refractivity contribution in [3.8, 4) is 5.75 Å². The zero-order valence-corrected chi connectivity index (χ0v) is 30.0. The van der Waals surface area contributed by atoms with Crippen LogP contribution in [-0.4, -0.2) is 44.1 Å². The first-order valence-corrected chi connectivity index (χ1v) is 17.2. The standard InChI is InChI=1S/C42H55NO5/c1-29(2)33(7)34(26-40(48-30(3)4)28-46-41(44)43-38-24-31(5)23-32(6)25-38)27-47-42(35-15-11-9-12-16-35,36-17-13-10-14-18-36)37-19-21-39(45-8)22-20-37/h9-25,29-30,33-34,40-41,43-44H,26-28H2,1-8H3. The molecule has 0 aliphatic carbocycles. The first-order chi connectivity index (χ1) is 23.0. The van der Waals surface area contributed by atoms with E-state index in [4.69, 9.17) is 18.9 Å². The molecule has 2 N–H and O–H groups in total. The van der Waals surface area contributed by atoms with E-state index in [0.29, 0.717) is 24.9 Å². The van der Waals surface area contributed by atoms with Crippen molar-refractivity contribution in [2.45, 2.75) is 79.1 Å². The highest BCUT2D eigenvalue weighted by Crippen LogP contribution is 2.42. The second kappa shape index (κ2) is 17.6. The molecule has 0 fully saturated rings. The van der Waals surface area contributed by atoms with Crippen molar-refractivity contribution in [1.82, 2.24) is 0 Å². The molecule has 258 valence electrons. The molecule has 0 bridgehead atoms. The number of ether oxygens (including phenoxy) is 4. The maximum Gasteiger partial charge on any atom is 0.235 e. The van der Waals surface area contributed by atoms with Gasteiger partial charge in [0, 0.05) is 5.69 Å². The molecule has 0 radical (unpaired) electrons. The molecule has 6 heteroatoms. The summed E-state index contributed by atoms with van der Waals surface area (Å²) in [4.78, 5) is 0. The van der Waals surface area contributed by atoms with E-state index in [2.05, 4.69) is 92.8 Å². The molecule has 6 nitrogen and oxygen atoms in total. The SMILES string of the molecule is COc1ccc(C(OCC(CC(COC(O)Nc2cc(C)cc(C)c2)OC(C)C)C(C)C(C)C)(c2ccccc2)c2ccccc2)cc1. The summed E-state index contributed by atoms with van der Waals surface area (Å²) in [6.07, 6.45) is -0.721. The third-order valence-electron chi connectivity index (χ3n) is 9.15. The molecule has 0 amide bonds. The van der Waals surface area contributed by atoms with E-state index < -0.39 is 12.0 Å². The molecule has 0 spiro atoms. The van der Waals surface area contributed by atoms with Gasteiger partial charge in [0.25, 0.3) is 0 Å². The molecular formula is C42H55NO5. The van der Waals surface area contributed by atoms with Crippen LogP contribution in [0.3, 0.4) is 0 Å². The van der Waals surface area contributed by atoms with Crippen molar-refractivity contribution in [2.75, 3.05) is 25.6 Å². The average Bonchev–Trinajstić information content (AvgIpc) is 3.07. The van der Waals surface area contributed by atoms with Crippen molar-refractivity contribution in [2.24, 2.45) is 17.8 Å². The van der Waals surface area contributed by atoms with Crippen molar-refractivity contribution >= 4 is 5.69 Å². The zero-order valence-electron chi connectivity index (χ0n) is 30.0. The highest BCUT2D eigenvalue weighted by Gasteiger charge is 2.39. The second-order valence-corrected chi connectivity index (χ2v) is 13.6. The van der Waals surface area contributed by atoms with Crippen LogP contribution in [0.15, 0.2) is 103 Å². The smallest absolute Gasteiger partial charge is 0.235 e. The van der Waals surface area contributed by atoms with Crippen LogP contribution in [0, 0.1) is 31.6 Å². The number of hydrogen-bond donors (Lipinski definition) is 2. The van der Waals surface area contributed by atoms with Gasteiger partial charge in [-0.15, -0.1) is 0 Å². The lowest BCUT2D eigenvalue weighted by atomic mass is 9.78. The lowest BCUT2D eigenvalue weighted by Crippen LogP contribution is -2.38. The summed E-state index contributed by atoms with van der Waals surface area (Å²) in [6, 6.07) is 35.2. The molecular weight excluding hydrogens is 598 g/mol. The minimum Gasteiger partial charge on any atom is -0.497 e. The zero-order chi connectivity index (χ0) is 34.7. The third kappa shape index (κ3) is 9.93. The van der Waals surface area contributed by atoms with Crippen LogP contribution in [0.5, 0.6) is 5.75 Å². The van der Waals surface area contributed by atoms with E-state index in [0.717, 1.165) is 39.3 Å². The van der Waals surface area contributed by atoms with Crippen molar-refractivity contribution in [3.05, 3.63) is 131 Å². The normalized spacial score (nSPS) is 14.5. The summed E-state index contributed by atoms with van der Waals surface area (Å²) in [5, 5.41) is 13.9. The molecule has 0 heterocycles. The molecule has 0 saturated heterocycles. The number of methoxy groups -OCH3 is 1. The van der Waals surface area contributed by atoms with Crippen molar-refractivity contribution in [1.29, 1.82) is 0 Å². The Morgan fingerprint density at radius 1 is 0.708 bits per heavy atom. The highest BCUT2D eigenvalue weighted by molar-refractivity contribution is 5.49. The number of hydrogen-bond acceptors (Lipinski definition) is 6. The largest absolute Gasteiger partial charge is 0.497 e. The van der Waals surface area contributed by atoms with Gasteiger partial charge in [0.2, 0.25) is 6.41 Å². The van der Waals surface area contributed by atoms with Gasteiger partial charge in [-0.2, -0.15) is 0 Å². The maximum absolute atomic E-state index is 10.8.